The predicted molar refractivity (Wildman–Crippen MR) is 89.6 cm³/mol. The van der Waals surface area contributed by atoms with E-state index >= 15 is 0 Å². The molecule has 2 aromatic carbocycles. The van der Waals surface area contributed by atoms with E-state index in [1.54, 1.807) is 6.07 Å². The summed E-state index contributed by atoms with van der Waals surface area (Å²) in [5.74, 6) is 0.570. The van der Waals surface area contributed by atoms with E-state index in [9.17, 15) is 4.79 Å². The van der Waals surface area contributed by atoms with Crippen LogP contribution in [0.4, 0.5) is 0 Å². The number of hydrogen-bond acceptors (Lipinski definition) is 2. The van der Waals surface area contributed by atoms with Crippen LogP contribution in [0.15, 0.2) is 75.9 Å². The van der Waals surface area contributed by atoms with Crippen molar-refractivity contribution < 1.29 is 4.42 Å². The number of halogens is 1. The minimum Gasteiger partial charge on any atom is -0.456 e. The van der Waals surface area contributed by atoms with Crippen molar-refractivity contribution in [1.82, 2.24) is 0 Å². The highest BCUT2D eigenvalue weighted by Crippen LogP contribution is 2.37. The normalized spacial score (nSPS) is 11.1. The molecule has 0 fully saturated rings. The Morgan fingerprint density at radius 1 is 0.773 bits per heavy atom. The number of benzene rings is 3. The van der Waals surface area contributed by atoms with Crippen molar-refractivity contribution in [3.05, 3.63) is 82.0 Å². The average molecular weight is 307 g/mol. The molecule has 0 radical (unpaired) electrons. The molecule has 1 aliphatic heterocycles. The molecule has 1 heterocycles. The predicted octanol–water partition coefficient (Wildman–Crippen LogP) is 5.22. The van der Waals surface area contributed by atoms with Gasteiger partial charge in [-0.25, -0.2) is 0 Å². The Morgan fingerprint density at radius 2 is 1.55 bits per heavy atom. The van der Waals surface area contributed by atoms with Gasteiger partial charge in [0, 0.05) is 27.6 Å². The second-order valence-corrected chi connectivity index (χ2v) is 5.55. The molecule has 0 bridgehead atoms. The van der Waals surface area contributed by atoms with Gasteiger partial charge in [0.15, 0.2) is 5.43 Å². The quantitative estimate of drug-likeness (QED) is 0.451. The van der Waals surface area contributed by atoms with Crippen molar-refractivity contribution in [2.24, 2.45) is 0 Å². The van der Waals surface area contributed by atoms with E-state index in [1.807, 2.05) is 54.6 Å². The van der Waals surface area contributed by atoms with Gasteiger partial charge in [0.05, 0.1) is 0 Å². The number of para-hydroxylation sites is 1. The lowest BCUT2D eigenvalue weighted by atomic mass is 9.96. The van der Waals surface area contributed by atoms with Crippen molar-refractivity contribution in [3.63, 3.8) is 0 Å². The second kappa shape index (κ2) is 5.00. The van der Waals surface area contributed by atoms with Gasteiger partial charge in [0.25, 0.3) is 0 Å². The summed E-state index contributed by atoms with van der Waals surface area (Å²) in [6.07, 6.45) is 0. The summed E-state index contributed by atoms with van der Waals surface area (Å²) in [6, 6.07) is 20.4. The van der Waals surface area contributed by atoms with Gasteiger partial charge in [0.1, 0.15) is 11.3 Å². The summed E-state index contributed by atoms with van der Waals surface area (Å²) in [5, 5.41) is 1.60. The first-order chi connectivity index (χ1) is 10.7. The Labute approximate surface area is 131 Å². The van der Waals surface area contributed by atoms with Crippen molar-refractivity contribution in [3.8, 4) is 22.5 Å². The summed E-state index contributed by atoms with van der Waals surface area (Å²) in [4.78, 5) is 12.0. The van der Waals surface area contributed by atoms with Gasteiger partial charge in [-0.1, -0.05) is 48.0 Å². The Bertz CT molecular complexity index is 1020. The second-order valence-electron chi connectivity index (χ2n) is 5.15. The molecule has 0 amide bonds. The van der Waals surface area contributed by atoms with E-state index in [4.69, 9.17) is 16.0 Å². The topological polar surface area (TPSA) is 30.2 Å². The van der Waals surface area contributed by atoms with Crippen LogP contribution >= 0.6 is 11.6 Å². The van der Waals surface area contributed by atoms with E-state index in [-0.39, 0.29) is 5.43 Å². The SMILES string of the molecule is O=c1cc2oc3ccccc3cc-2c(-c2ccccc2Cl)c1. The number of fused-ring (bicyclic) bond motifs is 2. The highest BCUT2D eigenvalue weighted by molar-refractivity contribution is 6.33. The smallest absolute Gasteiger partial charge is 0.183 e. The van der Waals surface area contributed by atoms with Gasteiger partial charge >= 0.3 is 0 Å². The van der Waals surface area contributed by atoms with E-state index < -0.39 is 0 Å². The van der Waals surface area contributed by atoms with Crippen LogP contribution in [0.2, 0.25) is 5.02 Å². The minimum atomic E-state index is -0.0959. The van der Waals surface area contributed by atoms with Crippen molar-refractivity contribution in [2.45, 2.75) is 0 Å². The molecular formula is C19H11ClO2. The molecule has 2 aromatic rings. The molecule has 2 nitrogen and oxygen atoms in total. The highest BCUT2D eigenvalue weighted by atomic mass is 35.5. The lowest BCUT2D eigenvalue weighted by Gasteiger charge is -2.13. The Balaban J connectivity index is 2.13. The van der Waals surface area contributed by atoms with Crippen LogP contribution in [-0.4, -0.2) is 0 Å². The first kappa shape index (κ1) is 13.1. The summed E-state index contributed by atoms with van der Waals surface area (Å²) in [6.45, 7) is 0. The summed E-state index contributed by atoms with van der Waals surface area (Å²) >= 11 is 6.30. The third-order valence-electron chi connectivity index (χ3n) is 3.72. The third kappa shape index (κ3) is 2.09. The molecule has 0 N–H and O–H groups in total. The van der Waals surface area contributed by atoms with Crippen molar-refractivity contribution in [2.75, 3.05) is 0 Å². The monoisotopic (exact) mass is 306 g/mol. The fourth-order valence-electron chi connectivity index (χ4n) is 2.70. The largest absolute Gasteiger partial charge is 0.456 e. The maximum absolute atomic E-state index is 12.0. The zero-order valence-electron chi connectivity index (χ0n) is 11.5. The molecule has 22 heavy (non-hydrogen) atoms. The molecule has 106 valence electrons. The zero-order chi connectivity index (χ0) is 15.1. The van der Waals surface area contributed by atoms with E-state index in [2.05, 4.69) is 0 Å². The first-order valence-corrected chi connectivity index (χ1v) is 7.32. The molecule has 0 spiro atoms. The molecule has 2 aliphatic rings. The molecule has 0 unspecified atom stereocenters. The first-order valence-electron chi connectivity index (χ1n) is 6.94. The summed E-state index contributed by atoms with van der Waals surface area (Å²) in [5.41, 5.74) is 3.17. The average Bonchev–Trinajstić information content (AvgIpc) is 2.53. The Kier molecular flexibility index (Phi) is 2.98. The lowest BCUT2D eigenvalue weighted by Crippen LogP contribution is -2.01. The molecule has 0 saturated heterocycles. The van der Waals surface area contributed by atoms with Crippen molar-refractivity contribution >= 4 is 22.6 Å². The lowest BCUT2D eigenvalue weighted by molar-refractivity contribution is 0.619. The van der Waals surface area contributed by atoms with Crippen LogP contribution in [0.3, 0.4) is 0 Å². The van der Waals surface area contributed by atoms with Gasteiger partial charge in [-0.2, -0.15) is 0 Å². The van der Waals surface area contributed by atoms with Gasteiger partial charge in [-0.3, -0.25) is 4.79 Å². The van der Waals surface area contributed by atoms with Crippen LogP contribution in [-0.2, 0) is 0 Å². The number of rotatable bonds is 1. The summed E-state index contributed by atoms with van der Waals surface area (Å²) in [7, 11) is 0. The molecule has 1 aliphatic carbocycles. The third-order valence-corrected chi connectivity index (χ3v) is 4.05. The number of hydrogen-bond donors (Lipinski definition) is 0. The molecule has 0 aromatic heterocycles. The maximum Gasteiger partial charge on any atom is 0.183 e. The van der Waals surface area contributed by atoms with Gasteiger partial charge in [0.2, 0.25) is 0 Å². The highest BCUT2D eigenvalue weighted by Gasteiger charge is 2.16. The molecule has 0 atom stereocenters. The van der Waals surface area contributed by atoms with Crippen LogP contribution in [0.1, 0.15) is 0 Å². The van der Waals surface area contributed by atoms with Crippen LogP contribution < -0.4 is 5.43 Å². The summed E-state index contributed by atoms with van der Waals surface area (Å²) < 4.78 is 5.89. The fraction of sp³-hybridized carbons (Fsp3) is 0. The maximum atomic E-state index is 12.0. The molecule has 4 rings (SSSR count). The van der Waals surface area contributed by atoms with E-state index in [0.717, 1.165) is 27.7 Å². The Hall–Kier alpha value is -2.58. The standard InChI is InChI=1S/C19H11ClO2/c20-17-7-3-2-6-14(17)15-10-13(21)11-19-16(15)9-12-5-1-4-8-18(12)22-19/h1-11H. The Morgan fingerprint density at radius 3 is 2.41 bits per heavy atom. The zero-order valence-corrected chi connectivity index (χ0v) is 12.3. The van der Waals surface area contributed by atoms with Crippen LogP contribution in [0.5, 0.6) is 0 Å². The van der Waals surface area contributed by atoms with Crippen molar-refractivity contribution in [1.29, 1.82) is 0 Å². The molecular weight excluding hydrogens is 296 g/mol. The van der Waals surface area contributed by atoms with Gasteiger partial charge < -0.3 is 4.42 Å². The fourth-order valence-corrected chi connectivity index (χ4v) is 2.94. The van der Waals surface area contributed by atoms with Crippen LogP contribution in [0, 0.1) is 0 Å². The van der Waals surface area contributed by atoms with Gasteiger partial charge in [-0.15, -0.1) is 0 Å². The molecule has 0 saturated carbocycles. The van der Waals surface area contributed by atoms with E-state index in [1.165, 1.54) is 6.07 Å². The van der Waals surface area contributed by atoms with Crippen LogP contribution in [0.25, 0.3) is 33.4 Å². The minimum absolute atomic E-state index is 0.0959. The van der Waals surface area contributed by atoms with E-state index in [0.29, 0.717) is 10.8 Å². The molecule has 3 heteroatoms. The van der Waals surface area contributed by atoms with Gasteiger partial charge in [-0.05, 0) is 29.8 Å².